The molecule has 2 N–H and O–H groups in total. The SMILES string of the molecule is CCCCCCCCCCCCCCCCCSCC(C)(COP(=O)(O)O)OC. The highest BCUT2D eigenvalue weighted by molar-refractivity contribution is 7.99. The van der Waals surface area contributed by atoms with E-state index in [9.17, 15) is 4.57 Å². The number of ether oxygens (including phenoxy) is 1. The zero-order chi connectivity index (χ0) is 21.8. The maximum absolute atomic E-state index is 10.8. The first-order valence-electron chi connectivity index (χ1n) is 11.7. The Bertz CT molecular complexity index is 405. The van der Waals surface area contributed by atoms with Crippen molar-refractivity contribution in [1.29, 1.82) is 0 Å². The van der Waals surface area contributed by atoms with Gasteiger partial charge in [0.05, 0.1) is 12.2 Å². The Labute approximate surface area is 184 Å². The van der Waals surface area contributed by atoms with Crippen LogP contribution in [0.3, 0.4) is 0 Å². The molecule has 0 bridgehead atoms. The molecule has 0 aliphatic heterocycles. The highest BCUT2D eigenvalue weighted by atomic mass is 32.2. The first-order chi connectivity index (χ1) is 13.8. The minimum atomic E-state index is -4.44. The fraction of sp³-hybridized carbons (Fsp3) is 1.00. The van der Waals surface area contributed by atoms with Crippen molar-refractivity contribution in [3.8, 4) is 0 Å². The Morgan fingerprint density at radius 3 is 1.59 bits per heavy atom. The summed E-state index contributed by atoms with van der Waals surface area (Å²) in [5.74, 6) is 1.72. The van der Waals surface area contributed by atoms with Crippen molar-refractivity contribution in [2.45, 2.75) is 116 Å². The van der Waals surface area contributed by atoms with E-state index in [0.717, 1.165) is 5.75 Å². The fourth-order valence-corrected chi connectivity index (χ4v) is 4.87. The second kappa shape index (κ2) is 19.1. The second-order valence-electron chi connectivity index (χ2n) is 8.42. The largest absolute Gasteiger partial charge is 0.469 e. The van der Waals surface area contributed by atoms with Crippen molar-refractivity contribution in [2.75, 3.05) is 25.2 Å². The predicted octanol–water partition coefficient (Wildman–Crippen LogP) is 7.11. The van der Waals surface area contributed by atoms with Crippen LogP contribution in [0.5, 0.6) is 0 Å². The maximum atomic E-state index is 10.8. The van der Waals surface area contributed by atoms with E-state index in [1.165, 1.54) is 96.3 Å². The highest BCUT2D eigenvalue weighted by Gasteiger charge is 2.28. The Hall–Kier alpha value is 0.420. The number of thioether (sulfide) groups is 1. The summed E-state index contributed by atoms with van der Waals surface area (Å²) in [6, 6.07) is 0. The third kappa shape index (κ3) is 21.4. The fourth-order valence-electron chi connectivity index (χ4n) is 3.24. The van der Waals surface area contributed by atoms with Gasteiger partial charge in [0, 0.05) is 12.9 Å². The number of hydrogen-bond donors (Lipinski definition) is 2. The maximum Gasteiger partial charge on any atom is 0.469 e. The monoisotopic (exact) mass is 454 g/mol. The minimum Gasteiger partial charge on any atom is -0.375 e. The average molecular weight is 455 g/mol. The molecular formula is C22H47O5PS. The number of rotatable bonds is 22. The molecule has 0 aliphatic rings. The van der Waals surface area contributed by atoms with Crippen LogP contribution in [-0.2, 0) is 13.8 Å². The van der Waals surface area contributed by atoms with Gasteiger partial charge in [0.25, 0.3) is 0 Å². The normalized spacial score (nSPS) is 14.2. The van der Waals surface area contributed by atoms with Crippen LogP contribution in [0.25, 0.3) is 0 Å². The summed E-state index contributed by atoms with van der Waals surface area (Å²) >= 11 is 1.76. The Kier molecular flexibility index (Phi) is 19.4. The van der Waals surface area contributed by atoms with Crippen molar-refractivity contribution < 1.29 is 23.6 Å². The van der Waals surface area contributed by atoms with Gasteiger partial charge >= 0.3 is 7.82 Å². The lowest BCUT2D eigenvalue weighted by Crippen LogP contribution is -2.35. The molecule has 0 heterocycles. The molecule has 0 aromatic carbocycles. The van der Waals surface area contributed by atoms with Gasteiger partial charge in [-0.2, -0.15) is 11.8 Å². The third-order valence-corrected chi connectivity index (χ3v) is 7.19. The van der Waals surface area contributed by atoms with Gasteiger partial charge in [-0.25, -0.2) is 4.57 Å². The van der Waals surface area contributed by atoms with E-state index < -0.39 is 13.4 Å². The topological polar surface area (TPSA) is 76.0 Å². The quantitative estimate of drug-likeness (QED) is 0.134. The molecule has 0 saturated carbocycles. The van der Waals surface area contributed by atoms with Crippen molar-refractivity contribution in [2.24, 2.45) is 0 Å². The molecule has 1 atom stereocenters. The smallest absolute Gasteiger partial charge is 0.375 e. The third-order valence-electron chi connectivity index (χ3n) is 5.33. The summed E-state index contributed by atoms with van der Waals surface area (Å²) in [5.41, 5.74) is -0.665. The molecular weight excluding hydrogens is 407 g/mol. The predicted molar refractivity (Wildman–Crippen MR) is 126 cm³/mol. The molecule has 0 aromatic heterocycles. The summed E-state index contributed by atoms with van der Waals surface area (Å²) in [7, 11) is -2.89. The van der Waals surface area contributed by atoms with E-state index in [2.05, 4.69) is 11.4 Å². The van der Waals surface area contributed by atoms with Gasteiger partial charge in [-0.1, -0.05) is 96.8 Å². The summed E-state index contributed by atoms with van der Waals surface area (Å²) in [6.45, 7) is 4.00. The van der Waals surface area contributed by atoms with Crippen LogP contribution in [0.2, 0.25) is 0 Å². The first kappa shape index (κ1) is 29.4. The molecule has 0 rings (SSSR count). The minimum absolute atomic E-state index is 0.0976. The molecule has 5 nitrogen and oxygen atoms in total. The number of methoxy groups -OCH3 is 1. The number of phosphoric ester groups is 1. The standard InChI is InChI=1S/C22H47O5PS/c1-4-5-6-7-8-9-10-11-12-13-14-15-16-17-18-19-29-21-22(2,26-3)20-27-28(23,24)25/h4-21H2,1-3H3,(H2,23,24,25). The van der Waals surface area contributed by atoms with E-state index in [4.69, 9.17) is 14.5 Å². The summed E-state index contributed by atoms with van der Waals surface area (Å²) in [4.78, 5) is 17.6. The molecule has 0 aliphatic carbocycles. The molecule has 0 spiro atoms. The van der Waals surface area contributed by atoms with Crippen molar-refractivity contribution in [3.63, 3.8) is 0 Å². The summed E-state index contributed by atoms with van der Waals surface area (Å²) in [6.07, 6.45) is 20.5. The van der Waals surface area contributed by atoms with Gasteiger partial charge < -0.3 is 14.5 Å². The van der Waals surface area contributed by atoms with E-state index in [1.54, 1.807) is 18.9 Å². The lowest BCUT2D eigenvalue weighted by molar-refractivity contribution is -0.0185. The molecule has 0 amide bonds. The molecule has 0 saturated heterocycles. The Morgan fingerprint density at radius 1 is 0.793 bits per heavy atom. The van der Waals surface area contributed by atoms with E-state index >= 15 is 0 Å². The molecule has 0 aromatic rings. The van der Waals surface area contributed by atoms with Gasteiger partial charge in [0.15, 0.2) is 0 Å². The zero-order valence-corrected chi connectivity index (χ0v) is 20.9. The van der Waals surface area contributed by atoms with Crippen molar-refractivity contribution in [3.05, 3.63) is 0 Å². The second-order valence-corrected chi connectivity index (χ2v) is 10.8. The van der Waals surface area contributed by atoms with Crippen LogP contribution in [0.1, 0.15) is 110 Å². The van der Waals surface area contributed by atoms with Gasteiger partial charge in [-0.3, -0.25) is 4.52 Å². The highest BCUT2D eigenvalue weighted by Crippen LogP contribution is 2.37. The van der Waals surface area contributed by atoms with Crippen LogP contribution in [0.4, 0.5) is 0 Å². The first-order valence-corrected chi connectivity index (χ1v) is 14.3. The van der Waals surface area contributed by atoms with Gasteiger partial charge in [-0.15, -0.1) is 0 Å². The average Bonchev–Trinajstić information content (AvgIpc) is 2.68. The molecule has 176 valence electrons. The van der Waals surface area contributed by atoms with Gasteiger partial charge in [0.2, 0.25) is 0 Å². The van der Waals surface area contributed by atoms with E-state index in [-0.39, 0.29) is 6.61 Å². The lowest BCUT2D eigenvalue weighted by Gasteiger charge is -2.27. The number of hydrogen-bond acceptors (Lipinski definition) is 4. The summed E-state index contributed by atoms with van der Waals surface area (Å²) < 4.78 is 20.8. The van der Waals surface area contributed by atoms with Gasteiger partial charge in [0.1, 0.15) is 0 Å². The molecule has 0 fully saturated rings. The van der Waals surface area contributed by atoms with Crippen LogP contribution in [0.15, 0.2) is 0 Å². The lowest BCUT2D eigenvalue weighted by atomic mass is 10.0. The van der Waals surface area contributed by atoms with Crippen LogP contribution in [-0.4, -0.2) is 40.6 Å². The van der Waals surface area contributed by atoms with Crippen LogP contribution < -0.4 is 0 Å². The Morgan fingerprint density at radius 2 is 1.21 bits per heavy atom. The molecule has 7 heteroatoms. The Balaban J connectivity index is 3.37. The van der Waals surface area contributed by atoms with Crippen molar-refractivity contribution in [1.82, 2.24) is 0 Å². The zero-order valence-electron chi connectivity index (χ0n) is 19.2. The summed E-state index contributed by atoms with van der Waals surface area (Å²) in [5, 5.41) is 0. The van der Waals surface area contributed by atoms with E-state index in [1.807, 2.05) is 6.92 Å². The molecule has 29 heavy (non-hydrogen) atoms. The number of phosphoric acid groups is 1. The molecule has 0 radical (unpaired) electrons. The van der Waals surface area contributed by atoms with E-state index in [0.29, 0.717) is 5.75 Å². The van der Waals surface area contributed by atoms with Crippen molar-refractivity contribution >= 4 is 19.6 Å². The van der Waals surface area contributed by atoms with Crippen LogP contribution >= 0.6 is 19.6 Å². The van der Waals surface area contributed by atoms with Gasteiger partial charge in [-0.05, 0) is 19.1 Å². The number of unbranched alkanes of at least 4 members (excludes halogenated alkanes) is 14. The molecule has 1 unspecified atom stereocenters. The van der Waals surface area contributed by atoms with Crippen LogP contribution in [0, 0.1) is 0 Å².